The van der Waals surface area contributed by atoms with Crippen molar-refractivity contribution >= 4 is 38.4 Å². The summed E-state index contributed by atoms with van der Waals surface area (Å²) in [5, 5.41) is 7.34. The molecule has 1 aliphatic heterocycles. The van der Waals surface area contributed by atoms with Crippen molar-refractivity contribution in [2.24, 2.45) is 0 Å². The SMILES string of the molecule is COc1ccc(C2(c3ccc(OC)cc3)C=Cc3c(C)c(C)c4c5ccccc5c5ccccc5c4c3O2)cc1. The molecule has 0 radical (unpaired) electrons. The summed E-state index contributed by atoms with van der Waals surface area (Å²) in [5.74, 6) is 2.53. The summed E-state index contributed by atoms with van der Waals surface area (Å²) in [7, 11) is 3.38. The van der Waals surface area contributed by atoms with Crippen LogP contribution in [0.4, 0.5) is 0 Å². The van der Waals surface area contributed by atoms with Gasteiger partial charge in [-0.2, -0.15) is 0 Å². The van der Waals surface area contributed by atoms with Crippen molar-refractivity contribution < 1.29 is 14.2 Å². The molecule has 0 saturated carbocycles. The van der Waals surface area contributed by atoms with Gasteiger partial charge in [0.25, 0.3) is 0 Å². The number of rotatable bonds is 4. The Morgan fingerprint density at radius 2 is 1.02 bits per heavy atom. The van der Waals surface area contributed by atoms with Crippen molar-refractivity contribution in [2.45, 2.75) is 19.4 Å². The van der Waals surface area contributed by atoms with Gasteiger partial charge in [-0.05, 0) is 82.2 Å². The second-order valence-electron chi connectivity index (χ2n) is 10.5. The topological polar surface area (TPSA) is 27.7 Å². The summed E-state index contributed by atoms with van der Waals surface area (Å²) in [6, 6.07) is 33.8. The molecule has 0 bridgehead atoms. The lowest BCUT2D eigenvalue weighted by Gasteiger charge is -2.38. The monoisotopic (exact) mass is 522 g/mol. The molecule has 0 saturated heterocycles. The molecule has 3 heteroatoms. The van der Waals surface area contributed by atoms with E-state index in [1.807, 2.05) is 24.3 Å². The average molecular weight is 523 g/mol. The Labute approximate surface area is 234 Å². The maximum atomic E-state index is 7.38. The van der Waals surface area contributed by atoms with E-state index in [2.05, 4.69) is 98.8 Å². The van der Waals surface area contributed by atoms with Gasteiger partial charge in [0.2, 0.25) is 0 Å². The highest BCUT2D eigenvalue weighted by atomic mass is 16.5. The lowest BCUT2D eigenvalue weighted by atomic mass is 9.81. The van der Waals surface area contributed by atoms with E-state index >= 15 is 0 Å². The van der Waals surface area contributed by atoms with E-state index in [9.17, 15) is 0 Å². The molecule has 40 heavy (non-hydrogen) atoms. The molecule has 1 aliphatic rings. The number of fused-ring (bicyclic) bond motifs is 8. The maximum Gasteiger partial charge on any atom is 0.178 e. The fraction of sp³-hybridized carbons (Fsp3) is 0.135. The number of benzene rings is 6. The van der Waals surface area contributed by atoms with E-state index in [1.165, 1.54) is 38.1 Å². The van der Waals surface area contributed by atoms with Gasteiger partial charge in [0.05, 0.1) is 14.2 Å². The number of hydrogen-bond acceptors (Lipinski definition) is 3. The smallest absolute Gasteiger partial charge is 0.178 e. The van der Waals surface area contributed by atoms with Crippen molar-refractivity contribution in [3.63, 3.8) is 0 Å². The molecule has 0 fully saturated rings. The predicted octanol–water partition coefficient (Wildman–Crippen LogP) is 9.13. The van der Waals surface area contributed by atoms with E-state index < -0.39 is 5.60 Å². The zero-order chi connectivity index (χ0) is 27.4. The average Bonchev–Trinajstić information content (AvgIpc) is 3.03. The Balaban J connectivity index is 1.59. The Morgan fingerprint density at radius 3 is 1.52 bits per heavy atom. The molecule has 0 N–H and O–H groups in total. The normalized spacial score (nSPS) is 13.8. The molecular formula is C37H30O3. The first kappa shape index (κ1) is 24.3. The molecule has 6 aromatic carbocycles. The largest absolute Gasteiger partial charge is 0.497 e. The first-order valence-corrected chi connectivity index (χ1v) is 13.6. The zero-order valence-electron chi connectivity index (χ0n) is 23.1. The second-order valence-corrected chi connectivity index (χ2v) is 10.5. The number of aryl methyl sites for hydroxylation is 1. The maximum absolute atomic E-state index is 7.38. The first-order chi connectivity index (χ1) is 19.6. The Kier molecular flexibility index (Phi) is 5.57. The minimum atomic E-state index is -0.840. The van der Waals surface area contributed by atoms with Crippen molar-refractivity contribution in [1.29, 1.82) is 0 Å². The number of hydrogen-bond donors (Lipinski definition) is 0. The molecule has 1 heterocycles. The van der Waals surface area contributed by atoms with Crippen molar-refractivity contribution in [1.82, 2.24) is 0 Å². The quantitative estimate of drug-likeness (QED) is 0.216. The highest BCUT2D eigenvalue weighted by Gasteiger charge is 2.39. The highest BCUT2D eigenvalue weighted by Crippen LogP contribution is 2.51. The standard InChI is InChI=1S/C37H30O3/c1-23-24(2)34-32-11-7-5-9-30(32)31-10-6-8-12-33(31)35(34)36-29(23)21-22-37(40-36,25-13-17-27(38-3)18-14-25)26-15-19-28(39-4)20-16-26/h5-22H,1-4H3. The van der Waals surface area contributed by atoms with Gasteiger partial charge in [0, 0.05) is 22.1 Å². The third-order valence-corrected chi connectivity index (χ3v) is 8.53. The summed E-state index contributed by atoms with van der Waals surface area (Å²) in [6.07, 6.45) is 4.44. The molecule has 196 valence electrons. The van der Waals surface area contributed by atoms with E-state index in [4.69, 9.17) is 14.2 Å². The van der Waals surface area contributed by atoms with Crippen LogP contribution in [0.15, 0.2) is 103 Å². The van der Waals surface area contributed by atoms with E-state index in [-0.39, 0.29) is 0 Å². The fourth-order valence-corrected chi connectivity index (χ4v) is 6.32. The summed E-state index contributed by atoms with van der Waals surface area (Å²) in [4.78, 5) is 0. The zero-order valence-corrected chi connectivity index (χ0v) is 23.1. The molecule has 0 amide bonds. The van der Waals surface area contributed by atoms with Gasteiger partial charge in [-0.3, -0.25) is 0 Å². The van der Waals surface area contributed by atoms with Gasteiger partial charge in [0.15, 0.2) is 5.60 Å². The third kappa shape index (κ3) is 3.44. The minimum Gasteiger partial charge on any atom is -0.497 e. The van der Waals surface area contributed by atoms with Gasteiger partial charge >= 0.3 is 0 Å². The van der Waals surface area contributed by atoms with Crippen LogP contribution in [0.1, 0.15) is 27.8 Å². The Morgan fingerprint density at radius 1 is 0.550 bits per heavy atom. The van der Waals surface area contributed by atoms with E-state index in [0.29, 0.717) is 0 Å². The van der Waals surface area contributed by atoms with Crippen LogP contribution >= 0.6 is 0 Å². The Bertz CT molecular complexity index is 1900. The predicted molar refractivity (Wildman–Crippen MR) is 165 cm³/mol. The van der Waals surface area contributed by atoms with Gasteiger partial charge < -0.3 is 14.2 Å². The van der Waals surface area contributed by atoms with Crippen LogP contribution < -0.4 is 14.2 Å². The summed E-state index contributed by atoms with van der Waals surface area (Å²) in [6.45, 7) is 4.45. The molecule has 6 aromatic rings. The van der Waals surface area contributed by atoms with Crippen molar-refractivity contribution in [3.8, 4) is 17.2 Å². The molecule has 0 spiro atoms. The third-order valence-electron chi connectivity index (χ3n) is 8.53. The molecule has 0 atom stereocenters. The first-order valence-electron chi connectivity index (χ1n) is 13.6. The van der Waals surface area contributed by atoms with Crippen molar-refractivity contribution in [3.05, 3.63) is 131 Å². The molecule has 0 unspecified atom stereocenters. The van der Waals surface area contributed by atoms with Crippen LogP contribution in [0, 0.1) is 13.8 Å². The fourth-order valence-electron chi connectivity index (χ4n) is 6.32. The molecule has 7 rings (SSSR count). The van der Waals surface area contributed by atoms with Crippen LogP contribution in [-0.4, -0.2) is 14.2 Å². The summed E-state index contributed by atoms with van der Waals surface area (Å²) < 4.78 is 18.3. The van der Waals surface area contributed by atoms with E-state index in [0.717, 1.165) is 39.3 Å². The van der Waals surface area contributed by atoms with Gasteiger partial charge in [-0.1, -0.05) is 78.9 Å². The van der Waals surface area contributed by atoms with Gasteiger partial charge in [-0.15, -0.1) is 0 Å². The lowest BCUT2D eigenvalue weighted by Crippen LogP contribution is -2.34. The molecule has 3 nitrogen and oxygen atoms in total. The molecule has 0 aromatic heterocycles. The summed E-state index contributed by atoms with van der Waals surface area (Å²) in [5.41, 5.74) is 4.85. The molecule has 0 aliphatic carbocycles. The number of ether oxygens (including phenoxy) is 3. The second kappa shape index (κ2) is 9.17. The van der Waals surface area contributed by atoms with Gasteiger partial charge in [-0.25, -0.2) is 0 Å². The lowest BCUT2D eigenvalue weighted by molar-refractivity contribution is 0.163. The van der Waals surface area contributed by atoms with Gasteiger partial charge in [0.1, 0.15) is 17.2 Å². The van der Waals surface area contributed by atoms with Crippen LogP contribution in [-0.2, 0) is 5.60 Å². The molecular weight excluding hydrogens is 492 g/mol. The van der Waals surface area contributed by atoms with Crippen LogP contribution in [0.3, 0.4) is 0 Å². The number of methoxy groups -OCH3 is 2. The highest BCUT2D eigenvalue weighted by molar-refractivity contribution is 6.28. The van der Waals surface area contributed by atoms with E-state index in [1.54, 1.807) is 14.2 Å². The van der Waals surface area contributed by atoms with Crippen LogP contribution in [0.5, 0.6) is 17.2 Å². The van der Waals surface area contributed by atoms with Crippen molar-refractivity contribution in [2.75, 3.05) is 14.2 Å². The Hall–Kier alpha value is -4.76. The van der Waals surface area contributed by atoms with Crippen LogP contribution in [0.25, 0.3) is 38.4 Å². The summed E-state index contributed by atoms with van der Waals surface area (Å²) >= 11 is 0. The minimum absolute atomic E-state index is 0.809. The van der Waals surface area contributed by atoms with Crippen LogP contribution in [0.2, 0.25) is 0 Å².